The molecule has 0 fully saturated rings. The Morgan fingerprint density at radius 1 is 1.62 bits per heavy atom. The van der Waals surface area contributed by atoms with Crippen LogP contribution in [0.1, 0.15) is 10.4 Å². The highest BCUT2D eigenvalue weighted by molar-refractivity contribution is 9.10. The van der Waals surface area contributed by atoms with Crippen molar-refractivity contribution >= 4 is 27.8 Å². The summed E-state index contributed by atoms with van der Waals surface area (Å²) in [6, 6.07) is 1.46. The molecule has 0 saturated heterocycles. The first-order valence-electron chi connectivity index (χ1n) is 3.33. The molecule has 1 amide bonds. The van der Waals surface area contributed by atoms with Crippen molar-refractivity contribution in [3.63, 3.8) is 0 Å². The first-order valence-corrected chi connectivity index (χ1v) is 4.13. The molecule has 0 saturated carbocycles. The topological polar surface area (TPSA) is 79.5 Å². The third kappa shape index (κ3) is 2.90. The number of aliphatic carboxylic acids is 1. The minimum atomic E-state index is -1.09. The number of hydrogen-bond acceptors (Lipinski definition) is 3. The van der Waals surface area contributed by atoms with Crippen molar-refractivity contribution in [3.05, 3.63) is 22.6 Å². The Balaban J connectivity index is 2.54. The zero-order valence-electron chi connectivity index (χ0n) is 6.41. The highest BCUT2D eigenvalue weighted by atomic mass is 79.9. The summed E-state index contributed by atoms with van der Waals surface area (Å²) >= 11 is 3.02. The van der Waals surface area contributed by atoms with Gasteiger partial charge in [-0.15, -0.1) is 0 Å². The molecule has 13 heavy (non-hydrogen) atoms. The Morgan fingerprint density at radius 2 is 2.31 bits per heavy atom. The molecule has 0 unspecified atom stereocenters. The third-order valence-electron chi connectivity index (χ3n) is 1.23. The molecule has 0 aliphatic rings. The van der Waals surface area contributed by atoms with Crippen LogP contribution in [-0.2, 0) is 4.79 Å². The molecular weight excluding hydrogens is 242 g/mol. The Hall–Kier alpha value is -1.30. The first kappa shape index (κ1) is 9.79. The minimum Gasteiger partial charge on any atom is -0.480 e. The van der Waals surface area contributed by atoms with Crippen LogP contribution in [0.3, 0.4) is 0 Å². The summed E-state index contributed by atoms with van der Waals surface area (Å²) < 4.78 is 5.22. The lowest BCUT2D eigenvalue weighted by Gasteiger charge is -1.97. The van der Waals surface area contributed by atoms with E-state index in [-0.39, 0.29) is 5.56 Å². The smallest absolute Gasteiger partial charge is 0.322 e. The van der Waals surface area contributed by atoms with E-state index in [1.807, 2.05) is 0 Å². The number of carboxylic acids is 1. The van der Waals surface area contributed by atoms with Crippen molar-refractivity contribution < 1.29 is 19.1 Å². The van der Waals surface area contributed by atoms with Gasteiger partial charge in [-0.3, -0.25) is 9.59 Å². The van der Waals surface area contributed by atoms with Crippen molar-refractivity contribution in [2.45, 2.75) is 0 Å². The highest BCUT2D eigenvalue weighted by Crippen LogP contribution is 2.13. The van der Waals surface area contributed by atoms with Crippen LogP contribution >= 0.6 is 15.9 Å². The normalized spacial score (nSPS) is 9.62. The number of hydrogen-bond donors (Lipinski definition) is 2. The van der Waals surface area contributed by atoms with E-state index in [4.69, 9.17) is 9.52 Å². The van der Waals surface area contributed by atoms with Gasteiger partial charge in [0.2, 0.25) is 0 Å². The van der Waals surface area contributed by atoms with Gasteiger partial charge in [0.05, 0.1) is 5.56 Å². The molecule has 5 nitrogen and oxygen atoms in total. The molecule has 2 N–H and O–H groups in total. The van der Waals surface area contributed by atoms with E-state index in [2.05, 4.69) is 21.2 Å². The molecule has 0 aliphatic heterocycles. The summed E-state index contributed by atoms with van der Waals surface area (Å²) in [7, 11) is 0. The Labute approximate surface area is 81.9 Å². The molecule has 0 aromatic carbocycles. The van der Waals surface area contributed by atoms with E-state index in [1.54, 1.807) is 0 Å². The molecule has 6 heteroatoms. The van der Waals surface area contributed by atoms with Gasteiger partial charge < -0.3 is 14.8 Å². The monoisotopic (exact) mass is 247 g/mol. The third-order valence-corrected chi connectivity index (χ3v) is 1.65. The maximum atomic E-state index is 11.1. The maximum absolute atomic E-state index is 11.1. The van der Waals surface area contributed by atoms with Crippen molar-refractivity contribution in [1.82, 2.24) is 5.32 Å². The molecular formula is C7H6BrNO4. The molecule has 1 aromatic heterocycles. The van der Waals surface area contributed by atoms with Gasteiger partial charge in [0.15, 0.2) is 4.67 Å². The predicted molar refractivity (Wildman–Crippen MR) is 46.4 cm³/mol. The Morgan fingerprint density at radius 3 is 2.77 bits per heavy atom. The number of carboxylic acid groups (broad SMARTS) is 1. The van der Waals surface area contributed by atoms with Crippen LogP contribution in [0, 0.1) is 0 Å². The van der Waals surface area contributed by atoms with Gasteiger partial charge in [0.25, 0.3) is 5.91 Å². The van der Waals surface area contributed by atoms with Gasteiger partial charge in [-0.05, 0) is 15.9 Å². The highest BCUT2D eigenvalue weighted by Gasteiger charge is 2.09. The number of nitrogens with one attached hydrogen (secondary N) is 1. The van der Waals surface area contributed by atoms with Gasteiger partial charge in [-0.2, -0.15) is 0 Å². The van der Waals surface area contributed by atoms with Crippen LogP contribution in [0.25, 0.3) is 0 Å². The number of carbonyl (C=O) groups excluding carboxylic acids is 1. The second kappa shape index (κ2) is 4.08. The standard InChI is InChI=1S/C7H6BrNO4/c8-5-1-4(3-13-5)7(12)9-2-6(10)11/h1,3H,2H2,(H,9,12)(H,10,11). The lowest BCUT2D eigenvalue weighted by atomic mass is 10.3. The lowest BCUT2D eigenvalue weighted by molar-refractivity contribution is -0.135. The molecule has 0 spiro atoms. The van der Waals surface area contributed by atoms with E-state index in [9.17, 15) is 9.59 Å². The molecule has 70 valence electrons. The fourth-order valence-electron chi connectivity index (χ4n) is 0.687. The zero-order valence-corrected chi connectivity index (χ0v) is 8.00. The van der Waals surface area contributed by atoms with Gasteiger partial charge in [-0.1, -0.05) is 0 Å². The van der Waals surface area contributed by atoms with Crippen LogP contribution in [0.4, 0.5) is 0 Å². The summed E-state index contributed by atoms with van der Waals surface area (Å²) in [4.78, 5) is 21.2. The van der Waals surface area contributed by atoms with Crippen LogP contribution in [0.2, 0.25) is 0 Å². The number of halogens is 1. The molecule has 0 aliphatic carbocycles. The summed E-state index contributed by atoms with van der Waals surface area (Å²) in [5.41, 5.74) is 0.285. The van der Waals surface area contributed by atoms with Gasteiger partial charge in [-0.25, -0.2) is 0 Å². The fraction of sp³-hybridized carbons (Fsp3) is 0.143. The molecule has 0 bridgehead atoms. The number of furan rings is 1. The number of carbonyl (C=O) groups is 2. The molecule has 1 heterocycles. The number of rotatable bonds is 3. The molecule has 0 radical (unpaired) electrons. The Bertz CT molecular complexity index is 333. The SMILES string of the molecule is O=C(O)CNC(=O)c1coc(Br)c1. The van der Waals surface area contributed by atoms with Crippen molar-refractivity contribution in [3.8, 4) is 0 Å². The second-order valence-corrected chi connectivity index (χ2v) is 3.00. The molecule has 1 aromatic rings. The largest absolute Gasteiger partial charge is 0.480 e. The van der Waals surface area contributed by atoms with Gasteiger partial charge in [0.1, 0.15) is 12.8 Å². The van der Waals surface area contributed by atoms with Crippen molar-refractivity contribution in [1.29, 1.82) is 0 Å². The molecule has 0 atom stereocenters. The second-order valence-electron chi connectivity index (χ2n) is 2.22. The van der Waals surface area contributed by atoms with Crippen LogP contribution in [0.15, 0.2) is 21.4 Å². The average molecular weight is 248 g/mol. The van der Waals surface area contributed by atoms with Crippen molar-refractivity contribution in [2.24, 2.45) is 0 Å². The van der Waals surface area contributed by atoms with Gasteiger partial charge in [0, 0.05) is 6.07 Å². The maximum Gasteiger partial charge on any atom is 0.322 e. The van der Waals surface area contributed by atoms with E-state index >= 15 is 0 Å². The Kier molecular flexibility index (Phi) is 3.07. The summed E-state index contributed by atoms with van der Waals surface area (Å²) in [6.45, 7) is -0.401. The minimum absolute atomic E-state index is 0.285. The van der Waals surface area contributed by atoms with E-state index < -0.39 is 18.4 Å². The first-order chi connectivity index (χ1) is 6.09. The predicted octanol–water partition coefficient (Wildman–Crippen LogP) is 0.856. The van der Waals surface area contributed by atoms with E-state index in [0.29, 0.717) is 4.67 Å². The summed E-state index contributed by atoms with van der Waals surface area (Å²) in [6.07, 6.45) is 1.24. The fourth-order valence-corrected chi connectivity index (χ4v) is 1.03. The van der Waals surface area contributed by atoms with E-state index in [0.717, 1.165) is 0 Å². The average Bonchev–Trinajstić information content (AvgIpc) is 2.47. The molecule has 1 rings (SSSR count). The van der Waals surface area contributed by atoms with Crippen LogP contribution in [0.5, 0.6) is 0 Å². The number of amides is 1. The van der Waals surface area contributed by atoms with E-state index in [1.165, 1.54) is 12.3 Å². The quantitative estimate of drug-likeness (QED) is 0.831. The lowest BCUT2D eigenvalue weighted by Crippen LogP contribution is -2.28. The van der Waals surface area contributed by atoms with Crippen LogP contribution in [-0.4, -0.2) is 23.5 Å². The summed E-state index contributed by atoms with van der Waals surface area (Å²) in [5.74, 6) is -1.56. The summed E-state index contributed by atoms with van der Waals surface area (Å²) in [5, 5.41) is 10.5. The van der Waals surface area contributed by atoms with Gasteiger partial charge >= 0.3 is 5.97 Å². The zero-order chi connectivity index (χ0) is 9.84. The van der Waals surface area contributed by atoms with Crippen molar-refractivity contribution in [2.75, 3.05) is 6.54 Å². The van der Waals surface area contributed by atoms with Crippen LogP contribution < -0.4 is 5.32 Å².